The normalized spacial score (nSPS) is 11.9. The number of hydrogen-bond acceptors (Lipinski definition) is 5. The van der Waals surface area contributed by atoms with Crippen LogP contribution in [0.3, 0.4) is 0 Å². The Hall–Kier alpha value is -3.07. The minimum atomic E-state index is -3.71. The van der Waals surface area contributed by atoms with E-state index >= 15 is 0 Å². The largest absolute Gasteiger partial charge is 0.506 e. The summed E-state index contributed by atoms with van der Waals surface area (Å²) in [6.07, 6.45) is 1.02. The van der Waals surface area contributed by atoms with Gasteiger partial charge >= 0.3 is 5.97 Å². The lowest BCUT2D eigenvalue weighted by atomic mass is 10.0. The Labute approximate surface area is 167 Å². The summed E-state index contributed by atoms with van der Waals surface area (Å²) in [5.74, 6) is -2.21. The fourth-order valence-corrected chi connectivity index (χ4v) is 4.15. The lowest BCUT2D eigenvalue weighted by Gasteiger charge is -2.24. The molecule has 9 heteroatoms. The molecule has 7 nitrogen and oxygen atoms in total. The summed E-state index contributed by atoms with van der Waals surface area (Å²) in [6.45, 7) is 3.78. The van der Waals surface area contributed by atoms with Crippen LogP contribution in [0.4, 0.5) is 10.1 Å². The molecule has 0 aliphatic heterocycles. The molecular weight excluding hydrogens is 401 g/mol. The van der Waals surface area contributed by atoms with Crippen molar-refractivity contribution in [1.29, 1.82) is 0 Å². The predicted octanol–water partition coefficient (Wildman–Crippen LogP) is 4.06. The minimum absolute atomic E-state index is 0.00922. The first kappa shape index (κ1) is 20.7. The third kappa shape index (κ3) is 4.04. The van der Waals surface area contributed by atoms with E-state index < -0.39 is 27.6 Å². The van der Waals surface area contributed by atoms with Crippen LogP contribution in [0.1, 0.15) is 24.2 Å². The average Bonchev–Trinajstić information content (AvgIpc) is 2.97. The van der Waals surface area contributed by atoms with Crippen molar-refractivity contribution in [3.63, 3.8) is 0 Å². The number of aromatic hydroxyl groups is 1. The molecule has 0 atom stereocenters. The van der Waals surface area contributed by atoms with E-state index in [-0.39, 0.29) is 40.4 Å². The molecule has 2 N–H and O–H groups in total. The third-order valence-electron chi connectivity index (χ3n) is 4.31. The Morgan fingerprint density at radius 2 is 1.83 bits per heavy atom. The smallest absolute Gasteiger partial charge is 0.340 e. The Morgan fingerprint density at radius 3 is 2.34 bits per heavy atom. The van der Waals surface area contributed by atoms with Gasteiger partial charge in [0.15, 0.2) is 0 Å². The number of phenols is 1. The number of benzene rings is 2. The number of sulfonamides is 1. The first-order valence-corrected chi connectivity index (χ1v) is 10.6. The molecule has 154 valence electrons. The molecule has 1 aromatic heterocycles. The van der Waals surface area contributed by atoms with Gasteiger partial charge in [0.25, 0.3) is 0 Å². The number of anilines is 1. The van der Waals surface area contributed by atoms with Gasteiger partial charge in [-0.1, -0.05) is 13.8 Å². The van der Waals surface area contributed by atoms with E-state index in [2.05, 4.69) is 0 Å². The molecular formula is C20H20FNO6S. The van der Waals surface area contributed by atoms with E-state index in [1.165, 1.54) is 36.4 Å². The monoisotopic (exact) mass is 421 g/mol. The van der Waals surface area contributed by atoms with Crippen LogP contribution < -0.4 is 4.31 Å². The van der Waals surface area contributed by atoms with Crippen LogP contribution >= 0.6 is 0 Å². The zero-order chi connectivity index (χ0) is 21.5. The quantitative estimate of drug-likeness (QED) is 0.621. The predicted molar refractivity (Wildman–Crippen MR) is 107 cm³/mol. The van der Waals surface area contributed by atoms with Crippen LogP contribution in [0.15, 0.2) is 40.8 Å². The van der Waals surface area contributed by atoms with Gasteiger partial charge in [-0.2, -0.15) is 0 Å². The molecule has 29 heavy (non-hydrogen) atoms. The number of fused-ring (bicyclic) bond motifs is 1. The van der Waals surface area contributed by atoms with Gasteiger partial charge in [0.2, 0.25) is 10.0 Å². The highest BCUT2D eigenvalue weighted by Gasteiger charge is 2.27. The van der Waals surface area contributed by atoms with E-state index in [1.54, 1.807) is 0 Å². The molecule has 0 saturated heterocycles. The number of halogens is 1. The number of furan rings is 1. The van der Waals surface area contributed by atoms with Gasteiger partial charge in [-0.15, -0.1) is 0 Å². The maximum absolute atomic E-state index is 13.2. The molecule has 0 unspecified atom stereocenters. The molecule has 3 aromatic rings. The van der Waals surface area contributed by atoms with Gasteiger partial charge in [-0.25, -0.2) is 17.6 Å². The van der Waals surface area contributed by atoms with Gasteiger partial charge in [0, 0.05) is 23.6 Å². The van der Waals surface area contributed by atoms with Crippen molar-refractivity contribution in [2.45, 2.75) is 13.8 Å². The van der Waals surface area contributed by atoms with Crippen molar-refractivity contribution in [2.75, 3.05) is 17.1 Å². The lowest BCUT2D eigenvalue weighted by molar-refractivity contribution is 0.0699. The highest BCUT2D eigenvalue weighted by molar-refractivity contribution is 7.92. The summed E-state index contributed by atoms with van der Waals surface area (Å²) in [6, 6.07) is 7.57. The second-order valence-corrected chi connectivity index (χ2v) is 9.05. The standard InChI is InChI=1S/C20H20FNO6S/c1-11(2)10-22(29(3,26)27)15-9-17-14(8-16(15)23)18(20(24)25)19(28-17)12-4-6-13(21)7-5-12/h4-9,11,23H,10H2,1-3H3,(H,24,25). The number of hydrogen-bond donors (Lipinski definition) is 2. The second kappa shape index (κ2) is 7.40. The summed E-state index contributed by atoms with van der Waals surface area (Å²) in [4.78, 5) is 11.8. The van der Waals surface area contributed by atoms with E-state index in [0.29, 0.717) is 5.56 Å². The SMILES string of the molecule is CC(C)CN(c1cc2oc(-c3ccc(F)cc3)c(C(=O)O)c2cc1O)S(C)(=O)=O. The van der Waals surface area contributed by atoms with Crippen molar-refractivity contribution in [3.05, 3.63) is 47.8 Å². The van der Waals surface area contributed by atoms with Gasteiger partial charge in [0.1, 0.15) is 28.5 Å². The molecule has 0 fully saturated rings. The summed E-state index contributed by atoms with van der Waals surface area (Å²) in [7, 11) is -3.71. The van der Waals surface area contributed by atoms with Crippen LogP contribution in [0.25, 0.3) is 22.3 Å². The maximum atomic E-state index is 13.2. The molecule has 0 aliphatic carbocycles. The van der Waals surface area contributed by atoms with Crippen molar-refractivity contribution in [1.82, 2.24) is 0 Å². The molecule has 0 bridgehead atoms. The Morgan fingerprint density at radius 1 is 1.21 bits per heavy atom. The van der Waals surface area contributed by atoms with Crippen molar-refractivity contribution >= 4 is 32.6 Å². The number of aromatic carboxylic acids is 1. The number of carbonyl (C=O) groups is 1. The van der Waals surface area contributed by atoms with E-state index in [1.807, 2.05) is 13.8 Å². The van der Waals surface area contributed by atoms with Crippen molar-refractivity contribution in [2.24, 2.45) is 5.92 Å². The lowest BCUT2D eigenvalue weighted by Crippen LogP contribution is -2.33. The number of carboxylic acids is 1. The summed E-state index contributed by atoms with van der Waals surface area (Å²) in [5, 5.41) is 20.3. The Kier molecular flexibility index (Phi) is 5.27. The molecule has 0 spiro atoms. The molecule has 0 saturated carbocycles. The fraction of sp³-hybridized carbons (Fsp3) is 0.250. The van der Waals surface area contributed by atoms with E-state index in [4.69, 9.17) is 4.42 Å². The van der Waals surface area contributed by atoms with Crippen LogP contribution in [0.2, 0.25) is 0 Å². The van der Waals surface area contributed by atoms with E-state index in [9.17, 15) is 27.8 Å². The topological polar surface area (TPSA) is 108 Å². The molecule has 0 radical (unpaired) electrons. The molecule has 0 amide bonds. The Bertz CT molecular complexity index is 1180. The van der Waals surface area contributed by atoms with Crippen molar-refractivity contribution in [3.8, 4) is 17.1 Å². The summed E-state index contributed by atoms with van der Waals surface area (Å²) < 4.78 is 44.5. The van der Waals surface area contributed by atoms with Crippen LogP contribution in [-0.4, -0.2) is 37.4 Å². The maximum Gasteiger partial charge on any atom is 0.340 e. The average molecular weight is 421 g/mol. The highest BCUT2D eigenvalue weighted by Crippen LogP contribution is 2.40. The van der Waals surface area contributed by atoms with Crippen LogP contribution in [-0.2, 0) is 10.0 Å². The fourth-order valence-electron chi connectivity index (χ4n) is 3.08. The summed E-state index contributed by atoms with van der Waals surface area (Å²) >= 11 is 0. The van der Waals surface area contributed by atoms with Crippen LogP contribution in [0.5, 0.6) is 5.75 Å². The van der Waals surface area contributed by atoms with Crippen molar-refractivity contribution < 1.29 is 32.2 Å². The summed E-state index contributed by atoms with van der Waals surface area (Å²) in [5.41, 5.74) is 0.211. The first-order chi connectivity index (χ1) is 13.5. The highest BCUT2D eigenvalue weighted by atomic mass is 32.2. The first-order valence-electron chi connectivity index (χ1n) is 8.75. The van der Waals surface area contributed by atoms with Gasteiger partial charge in [0.05, 0.1) is 11.9 Å². The molecule has 0 aliphatic rings. The number of rotatable bonds is 6. The number of nitrogens with zero attached hydrogens (tertiary/aromatic N) is 1. The third-order valence-corrected chi connectivity index (χ3v) is 5.45. The molecule has 1 heterocycles. The molecule has 2 aromatic carbocycles. The van der Waals surface area contributed by atoms with Gasteiger partial charge in [-0.3, -0.25) is 4.31 Å². The van der Waals surface area contributed by atoms with E-state index in [0.717, 1.165) is 10.6 Å². The second-order valence-electron chi connectivity index (χ2n) is 7.14. The number of carboxylic acid groups (broad SMARTS) is 1. The Balaban J connectivity index is 2.27. The molecule has 3 rings (SSSR count). The van der Waals surface area contributed by atoms with Crippen LogP contribution in [0, 0.1) is 11.7 Å². The van der Waals surface area contributed by atoms with Gasteiger partial charge < -0.3 is 14.6 Å². The zero-order valence-corrected chi connectivity index (χ0v) is 16.8. The number of phenolic OH excluding ortho intramolecular Hbond substituents is 1. The zero-order valence-electron chi connectivity index (χ0n) is 16.0. The minimum Gasteiger partial charge on any atom is -0.506 e. The van der Waals surface area contributed by atoms with Gasteiger partial charge in [-0.05, 0) is 36.2 Å².